The second kappa shape index (κ2) is 14.7. The molecule has 6 nitrogen and oxygen atoms in total. The highest BCUT2D eigenvalue weighted by Gasteiger charge is 2.61. The molecule has 0 aliphatic heterocycles. The standard InChI is InChI=1S/C25H38O3.C22H32O3/c1-16(2)5-10-23(27)28-22-9-8-20-19-7-6-17-15-18(26)11-13-24(17,3)21(19)12-14-25(20,22)4;1-4-20(24)25-19-8-7-17-16-6-5-14-13-15(23)9-11-21(14,2)18(16)10-12-22(17,19)3/h15-16,19-22H,5-14H2,1-4H3;13,16-19H,4-12H2,1-3H3. The van der Waals surface area contributed by atoms with Crippen LogP contribution in [-0.4, -0.2) is 35.7 Å². The van der Waals surface area contributed by atoms with Gasteiger partial charge < -0.3 is 9.47 Å². The molecule has 0 bridgehead atoms. The van der Waals surface area contributed by atoms with E-state index in [0.29, 0.717) is 54.0 Å². The summed E-state index contributed by atoms with van der Waals surface area (Å²) in [6, 6.07) is 0. The van der Waals surface area contributed by atoms with Crippen molar-refractivity contribution in [3.05, 3.63) is 23.3 Å². The number of ketones is 2. The Hall–Kier alpha value is -2.24. The largest absolute Gasteiger partial charge is 0.462 e. The van der Waals surface area contributed by atoms with E-state index in [1.54, 1.807) is 0 Å². The average molecular weight is 731 g/mol. The Morgan fingerprint density at radius 3 is 1.51 bits per heavy atom. The minimum absolute atomic E-state index is 0.00863. The molecule has 0 spiro atoms. The van der Waals surface area contributed by atoms with Gasteiger partial charge in [-0.1, -0.05) is 59.6 Å². The number of ether oxygens (including phenoxy) is 2. The van der Waals surface area contributed by atoms with Crippen molar-refractivity contribution in [3.63, 3.8) is 0 Å². The third kappa shape index (κ3) is 6.85. The summed E-state index contributed by atoms with van der Waals surface area (Å²) in [6.45, 7) is 15.8. The van der Waals surface area contributed by atoms with Gasteiger partial charge in [-0.2, -0.15) is 0 Å². The van der Waals surface area contributed by atoms with Crippen molar-refractivity contribution < 1.29 is 28.7 Å². The van der Waals surface area contributed by atoms with Gasteiger partial charge >= 0.3 is 11.9 Å². The Kier molecular flexibility index (Phi) is 10.8. The third-order valence-corrected chi connectivity index (χ3v) is 17.5. The molecule has 0 radical (unpaired) electrons. The fourth-order valence-corrected chi connectivity index (χ4v) is 14.3. The quantitative estimate of drug-likeness (QED) is 0.253. The van der Waals surface area contributed by atoms with Gasteiger partial charge in [-0.05, 0) is 161 Å². The van der Waals surface area contributed by atoms with Crippen LogP contribution in [0.1, 0.15) is 170 Å². The van der Waals surface area contributed by atoms with Crippen LogP contribution in [0.2, 0.25) is 0 Å². The summed E-state index contributed by atoms with van der Waals surface area (Å²) in [6.07, 6.45) is 23.5. The lowest BCUT2D eigenvalue weighted by Gasteiger charge is -2.57. The predicted molar refractivity (Wildman–Crippen MR) is 208 cm³/mol. The minimum Gasteiger partial charge on any atom is -0.462 e. The van der Waals surface area contributed by atoms with Crippen molar-refractivity contribution >= 4 is 23.5 Å². The molecule has 53 heavy (non-hydrogen) atoms. The molecule has 8 rings (SSSR count). The van der Waals surface area contributed by atoms with Crippen molar-refractivity contribution in [3.8, 4) is 0 Å². The molecule has 6 heteroatoms. The molecule has 0 amide bonds. The summed E-state index contributed by atoms with van der Waals surface area (Å²) in [5, 5.41) is 0. The summed E-state index contributed by atoms with van der Waals surface area (Å²) in [7, 11) is 0. The van der Waals surface area contributed by atoms with Gasteiger partial charge in [0.15, 0.2) is 11.6 Å². The van der Waals surface area contributed by atoms with Gasteiger partial charge in [-0.15, -0.1) is 0 Å². The van der Waals surface area contributed by atoms with Crippen LogP contribution >= 0.6 is 0 Å². The zero-order valence-electron chi connectivity index (χ0n) is 34.2. The molecule has 6 saturated carbocycles. The normalized spacial score (nSPS) is 44.1. The van der Waals surface area contributed by atoms with E-state index >= 15 is 0 Å². The highest BCUT2D eigenvalue weighted by molar-refractivity contribution is 5.92. The van der Waals surface area contributed by atoms with Gasteiger partial charge in [-0.3, -0.25) is 19.2 Å². The molecule has 0 N–H and O–H groups in total. The van der Waals surface area contributed by atoms with Crippen molar-refractivity contribution in [2.45, 2.75) is 183 Å². The fourth-order valence-electron chi connectivity index (χ4n) is 14.3. The van der Waals surface area contributed by atoms with Crippen molar-refractivity contribution in [1.82, 2.24) is 0 Å². The Bertz CT molecular complexity index is 1520. The van der Waals surface area contributed by atoms with Crippen LogP contribution in [0.25, 0.3) is 0 Å². The predicted octanol–water partition coefficient (Wildman–Crippen LogP) is 10.7. The van der Waals surface area contributed by atoms with Crippen molar-refractivity contribution in [2.24, 2.45) is 63.1 Å². The summed E-state index contributed by atoms with van der Waals surface area (Å²) in [5.74, 6) is 5.40. The van der Waals surface area contributed by atoms with Gasteiger partial charge in [0.05, 0.1) is 0 Å². The number of fused-ring (bicyclic) bond motifs is 10. The Morgan fingerprint density at radius 2 is 1.08 bits per heavy atom. The van der Waals surface area contributed by atoms with E-state index in [4.69, 9.17) is 9.47 Å². The van der Waals surface area contributed by atoms with Gasteiger partial charge in [0.1, 0.15) is 12.2 Å². The lowest BCUT2D eigenvalue weighted by molar-refractivity contribution is -0.160. The first kappa shape index (κ1) is 39.0. The average Bonchev–Trinajstić information content (AvgIpc) is 3.63. The van der Waals surface area contributed by atoms with E-state index in [1.807, 2.05) is 19.1 Å². The Balaban J connectivity index is 0.000000165. The zero-order valence-corrected chi connectivity index (χ0v) is 34.2. The topological polar surface area (TPSA) is 86.7 Å². The second-order valence-corrected chi connectivity index (χ2v) is 20.4. The second-order valence-electron chi connectivity index (χ2n) is 20.4. The molecule has 0 saturated heterocycles. The number of hydrogen-bond acceptors (Lipinski definition) is 6. The molecule has 0 aromatic carbocycles. The van der Waals surface area contributed by atoms with E-state index < -0.39 is 0 Å². The van der Waals surface area contributed by atoms with E-state index in [9.17, 15) is 19.2 Å². The molecule has 12 unspecified atom stereocenters. The highest BCUT2D eigenvalue weighted by Crippen LogP contribution is 2.67. The van der Waals surface area contributed by atoms with E-state index in [0.717, 1.165) is 82.5 Å². The van der Waals surface area contributed by atoms with Gasteiger partial charge in [0.2, 0.25) is 0 Å². The molecular weight excluding hydrogens is 661 g/mol. The Labute approximate surface area is 320 Å². The molecule has 0 aromatic rings. The molecule has 6 fully saturated rings. The molecule has 12 atom stereocenters. The first-order valence-corrected chi connectivity index (χ1v) is 22.0. The van der Waals surface area contributed by atoms with Crippen LogP contribution in [0, 0.1) is 63.1 Å². The highest BCUT2D eigenvalue weighted by atomic mass is 16.5. The lowest BCUT2D eigenvalue weighted by atomic mass is 9.47. The maximum atomic E-state index is 12.4. The number of allylic oxidation sites excluding steroid dienone is 2. The maximum Gasteiger partial charge on any atom is 0.306 e. The summed E-state index contributed by atoms with van der Waals surface area (Å²) in [5.41, 5.74) is 3.63. The first-order chi connectivity index (χ1) is 25.1. The number of carbonyl (C=O) groups is 4. The minimum atomic E-state index is -0.0411. The maximum absolute atomic E-state index is 12.4. The summed E-state index contributed by atoms with van der Waals surface area (Å²) in [4.78, 5) is 48.2. The zero-order chi connectivity index (χ0) is 37.9. The molecule has 0 heterocycles. The van der Waals surface area contributed by atoms with Gasteiger partial charge in [0.25, 0.3) is 0 Å². The van der Waals surface area contributed by atoms with E-state index in [1.165, 1.54) is 49.7 Å². The molecule has 294 valence electrons. The van der Waals surface area contributed by atoms with Crippen LogP contribution in [0.15, 0.2) is 23.3 Å². The molecule has 0 aromatic heterocycles. The fraction of sp³-hybridized carbons (Fsp3) is 0.830. The van der Waals surface area contributed by atoms with E-state index in [2.05, 4.69) is 41.5 Å². The third-order valence-electron chi connectivity index (χ3n) is 17.5. The van der Waals surface area contributed by atoms with Gasteiger partial charge in [0, 0.05) is 36.5 Å². The van der Waals surface area contributed by atoms with Crippen LogP contribution in [0.5, 0.6) is 0 Å². The molecule has 8 aliphatic carbocycles. The smallest absolute Gasteiger partial charge is 0.306 e. The number of hydrogen-bond donors (Lipinski definition) is 0. The number of rotatable bonds is 6. The van der Waals surface area contributed by atoms with Crippen molar-refractivity contribution in [1.29, 1.82) is 0 Å². The monoisotopic (exact) mass is 731 g/mol. The van der Waals surface area contributed by atoms with E-state index in [-0.39, 0.29) is 45.8 Å². The number of carbonyl (C=O) groups excluding carboxylic acids is 4. The summed E-state index contributed by atoms with van der Waals surface area (Å²) >= 11 is 0. The SMILES string of the molecule is CC(C)CCC(=O)OC1CCC2C3CCC4=CC(=O)CCC4(C)C3CCC12C.CCC(=O)OC1CCC2C3CCC4=CC(=O)CCC4(C)C3CCC12C. The lowest BCUT2D eigenvalue weighted by Crippen LogP contribution is -2.51. The first-order valence-electron chi connectivity index (χ1n) is 22.0. The van der Waals surface area contributed by atoms with Crippen LogP contribution in [0.3, 0.4) is 0 Å². The number of esters is 2. The Morgan fingerprint density at radius 1 is 0.623 bits per heavy atom. The summed E-state index contributed by atoms with van der Waals surface area (Å²) < 4.78 is 11.9. The van der Waals surface area contributed by atoms with Crippen LogP contribution in [-0.2, 0) is 28.7 Å². The van der Waals surface area contributed by atoms with Gasteiger partial charge in [-0.25, -0.2) is 0 Å². The molecular formula is C47H70O6. The molecule has 8 aliphatic rings. The van der Waals surface area contributed by atoms with Crippen LogP contribution < -0.4 is 0 Å². The van der Waals surface area contributed by atoms with Crippen molar-refractivity contribution in [2.75, 3.05) is 0 Å². The van der Waals surface area contributed by atoms with Crippen LogP contribution in [0.4, 0.5) is 0 Å².